The van der Waals surface area contributed by atoms with E-state index in [9.17, 15) is 4.79 Å². The highest BCUT2D eigenvalue weighted by molar-refractivity contribution is 6.62. The second kappa shape index (κ2) is 6.53. The fourth-order valence-corrected chi connectivity index (χ4v) is 2.39. The third-order valence-corrected chi connectivity index (χ3v) is 4.55. The van der Waals surface area contributed by atoms with E-state index in [0.717, 1.165) is 11.0 Å². The summed E-state index contributed by atoms with van der Waals surface area (Å²) in [5.41, 5.74) is 1.18. The molecule has 1 aromatic rings. The predicted molar refractivity (Wildman–Crippen MR) is 90.7 cm³/mol. The molecule has 1 atom stereocenters. The van der Waals surface area contributed by atoms with Gasteiger partial charge in [0.25, 0.3) is 0 Å². The number of rotatable bonds is 4. The molecule has 0 aliphatic carbocycles. The van der Waals surface area contributed by atoms with Gasteiger partial charge in [-0.25, -0.2) is 4.79 Å². The van der Waals surface area contributed by atoms with Gasteiger partial charge in [-0.2, -0.15) is 0 Å². The Kier molecular flexibility index (Phi) is 5.06. The molecule has 126 valence electrons. The number of alkyl carbamates (subject to hydrolysis) is 1. The lowest BCUT2D eigenvalue weighted by atomic mass is 9.78. The number of benzene rings is 1. The Morgan fingerprint density at radius 1 is 1.26 bits per heavy atom. The highest BCUT2D eigenvalue weighted by Crippen LogP contribution is 2.36. The van der Waals surface area contributed by atoms with Crippen LogP contribution in [0.4, 0.5) is 4.79 Å². The number of carbonyl (C=O) groups excluding carboxylic acids is 1. The summed E-state index contributed by atoms with van der Waals surface area (Å²) in [6.07, 6.45) is -0.416. The first-order chi connectivity index (χ1) is 10.7. The summed E-state index contributed by atoms with van der Waals surface area (Å²) >= 11 is 0. The largest absolute Gasteiger partial charge is 0.494 e. The van der Waals surface area contributed by atoms with Crippen LogP contribution in [-0.4, -0.2) is 31.0 Å². The molecule has 23 heavy (non-hydrogen) atoms. The van der Waals surface area contributed by atoms with Crippen molar-refractivity contribution in [3.05, 3.63) is 29.8 Å². The lowest BCUT2D eigenvalue weighted by Gasteiger charge is -2.32. The minimum absolute atomic E-state index is 0.156. The molecule has 0 aromatic heterocycles. The molecule has 2 rings (SSSR count). The van der Waals surface area contributed by atoms with E-state index in [1.807, 2.05) is 58.9 Å². The Morgan fingerprint density at radius 2 is 1.87 bits per heavy atom. The Morgan fingerprint density at radius 3 is 2.43 bits per heavy atom. The van der Waals surface area contributed by atoms with Gasteiger partial charge in [-0.1, -0.05) is 24.3 Å². The molecule has 1 unspecified atom stereocenters. The Balaban J connectivity index is 2.13. The summed E-state index contributed by atoms with van der Waals surface area (Å²) in [4.78, 5) is 11.6. The van der Waals surface area contributed by atoms with Crippen LogP contribution in [0, 0.1) is 0 Å². The molecule has 1 aromatic carbocycles. The van der Waals surface area contributed by atoms with Gasteiger partial charge in [0.2, 0.25) is 0 Å². The van der Waals surface area contributed by atoms with E-state index in [4.69, 9.17) is 14.0 Å². The van der Waals surface area contributed by atoms with Crippen molar-refractivity contribution in [1.82, 2.24) is 5.32 Å². The van der Waals surface area contributed by atoms with E-state index >= 15 is 0 Å². The van der Waals surface area contributed by atoms with Crippen molar-refractivity contribution < 1.29 is 18.8 Å². The smallest absolute Gasteiger partial charge is 0.450 e. The van der Waals surface area contributed by atoms with Gasteiger partial charge in [0.05, 0.1) is 23.9 Å². The SMILES string of the molecule is CCOC(=O)NC(C)c1cccc(B2OC(C)(C)C(C)(C)O2)c1. The van der Waals surface area contributed by atoms with Crippen LogP contribution in [0.25, 0.3) is 0 Å². The predicted octanol–water partition coefficient (Wildman–Crippen LogP) is 2.79. The van der Waals surface area contributed by atoms with E-state index in [0.29, 0.717) is 6.61 Å². The molecule has 1 aliphatic heterocycles. The number of nitrogens with one attached hydrogen (secondary N) is 1. The normalized spacial score (nSPS) is 20.2. The first-order valence-corrected chi connectivity index (χ1v) is 8.05. The quantitative estimate of drug-likeness (QED) is 0.867. The van der Waals surface area contributed by atoms with Crippen molar-refractivity contribution in [2.45, 2.75) is 58.8 Å². The van der Waals surface area contributed by atoms with E-state index in [-0.39, 0.29) is 17.2 Å². The minimum atomic E-state index is -0.416. The second-order valence-electron chi connectivity index (χ2n) is 6.84. The van der Waals surface area contributed by atoms with Crippen LogP contribution in [0.15, 0.2) is 24.3 Å². The highest BCUT2D eigenvalue weighted by Gasteiger charge is 2.51. The number of hydrogen-bond donors (Lipinski definition) is 1. The van der Waals surface area contributed by atoms with Crippen LogP contribution < -0.4 is 10.8 Å². The fourth-order valence-electron chi connectivity index (χ4n) is 2.39. The molecular weight excluding hydrogens is 293 g/mol. The molecule has 1 N–H and O–H groups in total. The van der Waals surface area contributed by atoms with Crippen molar-refractivity contribution in [3.8, 4) is 0 Å². The lowest BCUT2D eigenvalue weighted by molar-refractivity contribution is 0.00578. The summed E-state index contributed by atoms with van der Waals surface area (Å²) in [5, 5.41) is 2.80. The molecule has 0 bridgehead atoms. The van der Waals surface area contributed by atoms with E-state index in [1.165, 1.54) is 0 Å². The first kappa shape index (κ1) is 17.8. The molecular formula is C17H26BNO4. The van der Waals surface area contributed by atoms with E-state index < -0.39 is 13.2 Å². The molecule has 0 spiro atoms. The van der Waals surface area contributed by atoms with Gasteiger partial charge in [0.15, 0.2) is 0 Å². The van der Waals surface area contributed by atoms with Crippen LogP contribution in [-0.2, 0) is 14.0 Å². The minimum Gasteiger partial charge on any atom is -0.450 e. The van der Waals surface area contributed by atoms with Crippen LogP contribution >= 0.6 is 0 Å². The summed E-state index contributed by atoms with van der Waals surface area (Å²) in [5.74, 6) is 0. The zero-order valence-corrected chi connectivity index (χ0v) is 14.8. The van der Waals surface area contributed by atoms with Crippen LogP contribution in [0.2, 0.25) is 0 Å². The van der Waals surface area contributed by atoms with Gasteiger partial charge in [-0.05, 0) is 52.6 Å². The summed E-state index contributed by atoms with van der Waals surface area (Å²) < 4.78 is 17.1. The molecule has 1 heterocycles. The molecule has 6 heteroatoms. The third-order valence-electron chi connectivity index (χ3n) is 4.55. The third kappa shape index (κ3) is 3.87. The Hall–Kier alpha value is -1.53. The average molecular weight is 319 g/mol. The standard InChI is InChI=1S/C17H26BNO4/c1-7-21-15(20)19-12(2)13-9-8-10-14(11-13)18-22-16(3,4)17(5,6)23-18/h8-12H,7H2,1-6H3,(H,19,20). The van der Waals surface area contributed by atoms with Gasteiger partial charge >= 0.3 is 13.2 Å². The number of hydrogen-bond acceptors (Lipinski definition) is 4. The molecule has 5 nitrogen and oxygen atoms in total. The van der Waals surface area contributed by atoms with Crippen LogP contribution in [0.5, 0.6) is 0 Å². The molecule has 1 fully saturated rings. The topological polar surface area (TPSA) is 56.8 Å². The van der Waals surface area contributed by atoms with Gasteiger partial charge in [-0.3, -0.25) is 0 Å². The zero-order chi connectivity index (χ0) is 17.3. The maximum Gasteiger partial charge on any atom is 0.494 e. The van der Waals surface area contributed by atoms with Crippen molar-refractivity contribution >= 4 is 18.7 Å². The monoisotopic (exact) mass is 319 g/mol. The average Bonchev–Trinajstić information content (AvgIpc) is 2.68. The Labute approximate surface area is 138 Å². The molecule has 1 aliphatic rings. The second-order valence-corrected chi connectivity index (χ2v) is 6.84. The van der Waals surface area contributed by atoms with Gasteiger partial charge in [0.1, 0.15) is 0 Å². The van der Waals surface area contributed by atoms with Crippen LogP contribution in [0.1, 0.15) is 53.1 Å². The molecule has 0 radical (unpaired) electrons. The summed E-state index contributed by atoms with van der Waals surface area (Å²) in [7, 11) is -0.408. The molecule has 1 amide bonds. The van der Waals surface area contributed by atoms with E-state index in [1.54, 1.807) is 6.92 Å². The highest BCUT2D eigenvalue weighted by atomic mass is 16.7. The summed E-state index contributed by atoms with van der Waals surface area (Å²) in [6, 6.07) is 7.73. The maximum absolute atomic E-state index is 11.6. The first-order valence-electron chi connectivity index (χ1n) is 8.05. The van der Waals surface area contributed by atoms with Crippen LogP contribution in [0.3, 0.4) is 0 Å². The maximum atomic E-state index is 11.6. The van der Waals surface area contributed by atoms with Gasteiger partial charge in [-0.15, -0.1) is 0 Å². The van der Waals surface area contributed by atoms with Crippen molar-refractivity contribution in [3.63, 3.8) is 0 Å². The number of carbonyl (C=O) groups is 1. The van der Waals surface area contributed by atoms with Gasteiger partial charge < -0.3 is 19.4 Å². The molecule has 0 saturated carbocycles. The number of amides is 1. The fraction of sp³-hybridized carbons (Fsp3) is 0.588. The Bertz CT molecular complexity index is 557. The summed E-state index contributed by atoms with van der Waals surface area (Å²) in [6.45, 7) is 12.2. The van der Waals surface area contributed by atoms with Crippen molar-refractivity contribution in [1.29, 1.82) is 0 Å². The zero-order valence-electron chi connectivity index (χ0n) is 14.8. The lowest BCUT2D eigenvalue weighted by Crippen LogP contribution is -2.41. The molecule has 1 saturated heterocycles. The van der Waals surface area contributed by atoms with Gasteiger partial charge in [0, 0.05) is 0 Å². The number of ether oxygens (including phenoxy) is 1. The van der Waals surface area contributed by atoms with E-state index in [2.05, 4.69) is 5.32 Å². The van der Waals surface area contributed by atoms with Crippen molar-refractivity contribution in [2.24, 2.45) is 0 Å². The van der Waals surface area contributed by atoms with Crippen molar-refractivity contribution in [2.75, 3.05) is 6.61 Å².